The van der Waals surface area contributed by atoms with Crippen LogP contribution in [0.2, 0.25) is 0 Å². The molecule has 1 amide bonds. The van der Waals surface area contributed by atoms with Gasteiger partial charge in [0, 0.05) is 10.6 Å². The summed E-state index contributed by atoms with van der Waals surface area (Å²) in [5.41, 5.74) is 5.44. The normalized spacial score (nSPS) is 12.2. The Morgan fingerprint density at radius 3 is 2.60 bits per heavy atom. The Balaban J connectivity index is 3.02. The minimum Gasteiger partial charge on any atom is -0.409 e. The average molecular weight is 295 g/mol. The van der Waals surface area contributed by atoms with Crippen molar-refractivity contribution in [3.63, 3.8) is 0 Å². The fourth-order valence-electron chi connectivity index (χ4n) is 2.10. The molecule has 0 spiro atoms. The zero-order valence-corrected chi connectivity index (χ0v) is 12.8. The van der Waals surface area contributed by atoms with Gasteiger partial charge in [0.2, 0.25) is 5.91 Å². The van der Waals surface area contributed by atoms with Gasteiger partial charge in [-0.1, -0.05) is 25.1 Å². The van der Waals surface area contributed by atoms with Crippen LogP contribution in [0.15, 0.2) is 34.3 Å². The number of nitrogens with two attached hydrogens (primary N) is 1. The van der Waals surface area contributed by atoms with Crippen molar-refractivity contribution in [1.29, 1.82) is 0 Å². The van der Waals surface area contributed by atoms with Gasteiger partial charge in [-0.15, -0.1) is 11.8 Å². The largest absolute Gasteiger partial charge is 0.409 e. The highest BCUT2D eigenvalue weighted by atomic mass is 32.2. The first-order chi connectivity index (χ1) is 9.53. The Bertz CT molecular complexity index is 499. The predicted octanol–water partition coefficient (Wildman–Crippen LogP) is 2.90. The molecule has 6 heteroatoms. The first-order valence-corrected chi connectivity index (χ1v) is 7.70. The van der Waals surface area contributed by atoms with Crippen molar-refractivity contribution < 1.29 is 10.0 Å². The van der Waals surface area contributed by atoms with E-state index in [1.807, 2.05) is 44.4 Å². The molecule has 1 aromatic rings. The molecule has 4 N–H and O–H groups in total. The van der Waals surface area contributed by atoms with Gasteiger partial charge >= 0.3 is 0 Å². The van der Waals surface area contributed by atoms with Crippen molar-refractivity contribution in [1.82, 2.24) is 0 Å². The average Bonchev–Trinajstić information content (AvgIpc) is 2.48. The molecule has 0 aliphatic rings. The van der Waals surface area contributed by atoms with Gasteiger partial charge in [0.15, 0.2) is 5.84 Å². The van der Waals surface area contributed by atoms with Crippen LogP contribution in [0.1, 0.15) is 26.7 Å². The predicted molar refractivity (Wildman–Crippen MR) is 83.3 cm³/mol. The van der Waals surface area contributed by atoms with Crippen LogP contribution in [0.4, 0.5) is 5.69 Å². The molecule has 0 bridgehead atoms. The Hall–Kier alpha value is -1.69. The lowest BCUT2D eigenvalue weighted by Gasteiger charge is -2.28. The highest BCUT2D eigenvalue weighted by Gasteiger charge is 2.39. The number of nitrogens with one attached hydrogen (secondary N) is 1. The van der Waals surface area contributed by atoms with Crippen LogP contribution in [-0.4, -0.2) is 23.2 Å². The van der Waals surface area contributed by atoms with E-state index in [1.165, 1.54) is 0 Å². The minimum absolute atomic E-state index is 0.0546. The molecule has 0 radical (unpaired) electrons. The fourth-order valence-corrected chi connectivity index (χ4v) is 2.56. The second-order valence-corrected chi connectivity index (χ2v) is 5.34. The molecule has 20 heavy (non-hydrogen) atoms. The summed E-state index contributed by atoms with van der Waals surface area (Å²) in [5.74, 6) is -0.308. The van der Waals surface area contributed by atoms with Gasteiger partial charge in [0.1, 0.15) is 5.41 Å². The van der Waals surface area contributed by atoms with E-state index < -0.39 is 5.41 Å². The topological polar surface area (TPSA) is 87.7 Å². The zero-order chi connectivity index (χ0) is 15.2. The molecule has 0 aliphatic heterocycles. The summed E-state index contributed by atoms with van der Waals surface area (Å²) < 4.78 is 0. The lowest BCUT2D eigenvalue weighted by Crippen LogP contribution is -2.46. The van der Waals surface area contributed by atoms with Crippen LogP contribution < -0.4 is 11.1 Å². The summed E-state index contributed by atoms with van der Waals surface area (Å²) in [7, 11) is 0. The molecule has 0 aliphatic carbocycles. The lowest BCUT2D eigenvalue weighted by atomic mass is 9.80. The van der Waals surface area contributed by atoms with Crippen LogP contribution in [-0.2, 0) is 4.79 Å². The maximum atomic E-state index is 12.5. The SMILES string of the molecule is CCC(CC)(C(=O)Nc1cccc(SC)c1)C(N)=NO. The Morgan fingerprint density at radius 2 is 2.10 bits per heavy atom. The molecule has 0 heterocycles. The molecule has 110 valence electrons. The van der Waals surface area contributed by atoms with Gasteiger partial charge in [-0.25, -0.2) is 0 Å². The van der Waals surface area contributed by atoms with E-state index in [-0.39, 0.29) is 11.7 Å². The van der Waals surface area contributed by atoms with Crippen LogP contribution in [0, 0.1) is 5.41 Å². The van der Waals surface area contributed by atoms with Crippen LogP contribution in [0.5, 0.6) is 0 Å². The third-order valence-electron chi connectivity index (χ3n) is 3.57. The number of nitrogens with zero attached hydrogens (tertiary/aromatic N) is 1. The minimum atomic E-state index is -0.982. The number of hydrogen-bond donors (Lipinski definition) is 3. The number of rotatable bonds is 6. The van der Waals surface area contributed by atoms with E-state index in [0.29, 0.717) is 18.5 Å². The number of thioether (sulfide) groups is 1. The van der Waals surface area contributed by atoms with Crippen molar-refractivity contribution in [2.24, 2.45) is 16.3 Å². The van der Waals surface area contributed by atoms with E-state index in [1.54, 1.807) is 11.8 Å². The lowest BCUT2D eigenvalue weighted by molar-refractivity contribution is -0.122. The second kappa shape index (κ2) is 7.19. The van der Waals surface area contributed by atoms with Crippen LogP contribution in [0.25, 0.3) is 0 Å². The van der Waals surface area contributed by atoms with Gasteiger partial charge in [-0.05, 0) is 37.3 Å². The molecular formula is C14H21N3O2S. The van der Waals surface area contributed by atoms with Crippen molar-refractivity contribution >= 4 is 29.2 Å². The highest BCUT2D eigenvalue weighted by molar-refractivity contribution is 7.98. The number of amidine groups is 1. The standard InChI is InChI=1S/C14H21N3O2S/c1-4-14(5-2,12(15)17-19)13(18)16-10-7-6-8-11(9-10)20-3/h6-9,19H,4-5H2,1-3H3,(H2,15,17)(H,16,18). The van der Waals surface area contributed by atoms with Crippen molar-refractivity contribution in [3.8, 4) is 0 Å². The van der Waals surface area contributed by atoms with Gasteiger partial charge in [0.05, 0.1) is 0 Å². The molecule has 1 aromatic carbocycles. The second-order valence-electron chi connectivity index (χ2n) is 4.46. The third-order valence-corrected chi connectivity index (χ3v) is 4.29. The summed E-state index contributed by atoms with van der Waals surface area (Å²) in [4.78, 5) is 13.6. The van der Waals surface area contributed by atoms with Gasteiger partial charge in [0.25, 0.3) is 0 Å². The van der Waals surface area contributed by atoms with E-state index in [9.17, 15) is 4.79 Å². The van der Waals surface area contributed by atoms with Crippen LogP contribution in [0.3, 0.4) is 0 Å². The summed E-state index contributed by atoms with van der Waals surface area (Å²) in [6.45, 7) is 3.69. The number of anilines is 1. The number of hydrogen-bond acceptors (Lipinski definition) is 4. The zero-order valence-electron chi connectivity index (χ0n) is 12.0. The van der Waals surface area contributed by atoms with Crippen molar-refractivity contribution in [3.05, 3.63) is 24.3 Å². The molecular weight excluding hydrogens is 274 g/mol. The van der Waals surface area contributed by atoms with E-state index in [2.05, 4.69) is 10.5 Å². The Morgan fingerprint density at radius 1 is 1.45 bits per heavy atom. The number of benzene rings is 1. The third kappa shape index (κ3) is 3.25. The molecule has 0 fully saturated rings. The maximum Gasteiger partial charge on any atom is 0.238 e. The molecule has 0 atom stereocenters. The van der Waals surface area contributed by atoms with Gasteiger partial charge in [-0.3, -0.25) is 4.79 Å². The molecule has 0 saturated heterocycles. The van der Waals surface area contributed by atoms with Gasteiger partial charge < -0.3 is 16.3 Å². The monoisotopic (exact) mass is 295 g/mol. The quantitative estimate of drug-likeness (QED) is 0.247. The smallest absolute Gasteiger partial charge is 0.238 e. The van der Waals surface area contributed by atoms with Crippen molar-refractivity contribution in [2.75, 3.05) is 11.6 Å². The van der Waals surface area contributed by atoms with E-state index >= 15 is 0 Å². The van der Waals surface area contributed by atoms with Crippen LogP contribution >= 0.6 is 11.8 Å². The fraction of sp³-hybridized carbons (Fsp3) is 0.429. The number of carbonyl (C=O) groups excluding carboxylic acids is 1. The molecule has 0 unspecified atom stereocenters. The summed E-state index contributed by atoms with van der Waals surface area (Å²) in [6, 6.07) is 7.56. The summed E-state index contributed by atoms with van der Waals surface area (Å²) in [5, 5.41) is 14.8. The Kier molecular flexibility index (Phi) is 5.88. The Labute approximate surface area is 123 Å². The first kappa shape index (κ1) is 16.4. The molecule has 5 nitrogen and oxygen atoms in total. The van der Waals surface area contributed by atoms with Crippen molar-refractivity contribution in [2.45, 2.75) is 31.6 Å². The number of carbonyl (C=O) groups is 1. The highest BCUT2D eigenvalue weighted by Crippen LogP contribution is 2.29. The molecule has 0 saturated carbocycles. The van der Waals surface area contributed by atoms with E-state index in [0.717, 1.165) is 4.90 Å². The van der Waals surface area contributed by atoms with E-state index in [4.69, 9.17) is 10.9 Å². The number of amides is 1. The first-order valence-electron chi connectivity index (χ1n) is 6.47. The maximum absolute atomic E-state index is 12.5. The number of oxime groups is 1. The summed E-state index contributed by atoms with van der Waals surface area (Å²) in [6.07, 6.45) is 2.90. The molecule has 1 rings (SSSR count). The molecule has 0 aromatic heterocycles. The van der Waals surface area contributed by atoms with Gasteiger partial charge in [-0.2, -0.15) is 0 Å². The summed E-state index contributed by atoms with van der Waals surface area (Å²) >= 11 is 1.60.